The number of anilines is 3. The summed E-state index contributed by atoms with van der Waals surface area (Å²) in [6.07, 6.45) is 5.02. The van der Waals surface area contributed by atoms with Crippen LogP contribution in [0.5, 0.6) is 0 Å². The number of amides is 1. The van der Waals surface area contributed by atoms with Crippen LogP contribution in [0.3, 0.4) is 0 Å². The number of aliphatic hydroxyl groups excluding tert-OH is 1. The Labute approximate surface area is 178 Å². The third-order valence-electron chi connectivity index (χ3n) is 6.73. The van der Waals surface area contributed by atoms with Gasteiger partial charge in [-0.1, -0.05) is 6.92 Å². The van der Waals surface area contributed by atoms with Gasteiger partial charge in [-0.15, -0.1) is 0 Å². The number of piperidine rings is 1. The molecule has 3 N–H and O–H groups in total. The smallest absolute Gasteiger partial charge is 0.229 e. The van der Waals surface area contributed by atoms with Gasteiger partial charge < -0.3 is 20.6 Å². The molecular formula is C20H23FN8O2. The van der Waals surface area contributed by atoms with Crippen molar-refractivity contribution in [1.29, 1.82) is 5.26 Å². The number of hydrogen-bond acceptors (Lipinski definition) is 8. The van der Waals surface area contributed by atoms with Crippen LogP contribution < -0.4 is 15.5 Å². The van der Waals surface area contributed by atoms with Crippen LogP contribution in [0.4, 0.5) is 21.8 Å². The van der Waals surface area contributed by atoms with E-state index in [1.54, 1.807) is 17.1 Å². The minimum absolute atomic E-state index is 0.0247. The number of rotatable bonds is 7. The van der Waals surface area contributed by atoms with Crippen LogP contribution in [0.25, 0.3) is 0 Å². The molecule has 2 aliphatic carbocycles. The molecule has 10 nitrogen and oxygen atoms in total. The van der Waals surface area contributed by atoms with E-state index in [9.17, 15) is 9.18 Å². The lowest BCUT2D eigenvalue weighted by atomic mass is 10.2. The topological polar surface area (TPSA) is 132 Å². The molecule has 0 bridgehead atoms. The monoisotopic (exact) mass is 426 g/mol. The number of nitriles is 1. The van der Waals surface area contributed by atoms with Gasteiger partial charge in [0.2, 0.25) is 11.9 Å². The Morgan fingerprint density at radius 2 is 2.32 bits per heavy atom. The van der Waals surface area contributed by atoms with Crippen LogP contribution in [0, 0.1) is 40.8 Å². The zero-order valence-electron chi connectivity index (χ0n) is 17.0. The minimum atomic E-state index is -0.524. The Morgan fingerprint density at radius 1 is 1.48 bits per heavy atom. The van der Waals surface area contributed by atoms with Crippen molar-refractivity contribution in [1.82, 2.24) is 25.1 Å². The lowest BCUT2D eigenvalue weighted by molar-refractivity contribution is -0.123. The molecule has 2 saturated carbocycles. The molecule has 162 valence electrons. The first-order valence-electron chi connectivity index (χ1n) is 10.3. The quantitative estimate of drug-likeness (QED) is 0.588. The Kier molecular flexibility index (Phi) is 4.55. The number of carbonyl (C=O) groups excluding carboxylic acids is 1. The number of nitrogens with zero attached hydrogens (tertiary/aromatic N) is 6. The van der Waals surface area contributed by atoms with Gasteiger partial charge >= 0.3 is 0 Å². The lowest BCUT2D eigenvalue weighted by Gasteiger charge is -2.25. The first kappa shape index (κ1) is 19.7. The van der Waals surface area contributed by atoms with E-state index in [1.807, 2.05) is 4.90 Å². The average molecular weight is 426 g/mol. The zero-order valence-corrected chi connectivity index (χ0v) is 17.0. The molecule has 11 heteroatoms. The second-order valence-corrected chi connectivity index (χ2v) is 8.59. The molecule has 5 atom stereocenters. The first-order valence-corrected chi connectivity index (χ1v) is 10.3. The van der Waals surface area contributed by atoms with Crippen LogP contribution in [-0.4, -0.2) is 56.0 Å². The van der Waals surface area contributed by atoms with E-state index in [1.165, 1.54) is 0 Å². The number of halogens is 1. The van der Waals surface area contributed by atoms with Gasteiger partial charge in [0, 0.05) is 25.2 Å². The summed E-state index contributed by atoms with van der Waals surface area (Å²) in [6.45, 7) is 3.49. The SMILES string of the molecule is C[C@@H]1[C@@H]2CN(c3nc(Nc4cnn(CCO)c4)ncc3F)C[C@]12NC(=O)[C@H]1C[C@@H]1C#N. The summed E-state index contributed by atoms with van der Waals surface area (Å²) in [6, 6.07) is 2.15. The highest BCUT2D eigenvalue weighted by molar-refractivity contribution is 5.83. The predicted molar refractivity (Wildman–Crippen MR) is 108 cm³/mol. The normalized spacial score (nSPS) is 30.5. The summed E-state index contributed by atoms with van der Waals surface area (Å²) >= 11 is 0. The fourth-order valence-corrected chi connectivity index (χ4v) is 4.71. The van der Waals surface area contributed by atoms with Gasteiger partial charge in [0.15, 0.2) is 11.6 Å². The molecule has 0 radical (unpaired) electrons. The van der Waals surface area contributed by atoms with E-state index in [0.717, 1.165) is 6.20 Å². The van der Waals surface area contributed by atoms with Crippen molar-refractivity contribution >= 4 is 23.4 Å². The van der Waals surface area contributed by atoms with Gasteiger partial charge in [-0.3, -0.25) is 9.48 Å². The maximum Gasteiger partial charge on any atom is 0.229 e. The molecule has 0 unspecified atom stereocenters. The van der Waals surface area contributed by atoms with Crippen LogP contribution in [0.2, 0.25) is 0 Å². The molecule has 5 rings (SSSR count). The summed E-state index contributed by atoms with van der Waals surface area (Å²) in [4.78, 5) is 22.7. The Bertz CT molecular complexity index is 1070. The first-order chi connectivity index (χ1) is 14.9. The van der Waals surface area contributed by atoms with Crippen LogP contribution in [0.1, 0.15) is 13.3 Å². The van der Waals surface area contributed by atoms with Crippen LogP contribution in [-0.2, 0) is 11.3 Å². The largest absolute Gasteiger partial charge is 0.394 e. The molecule has 1 aliphatic heterocycles. The van der Waals surface area contributed by atoms with Crippen LogP contribution >= 0.6 is 0 Å². The summed E-state index contributed by atoms with van der Waals surface area (Å²) in [5.41, 5.74) is 0.236. The van der Waals surface area contributed by atoms with Crippen molar-refractivity contribution in [3.05, 3.63) is 24.4 Å². The summed E-state index contributed by atoms with van der Waals surface area (Å²) in [5.74, 6) is -0.0608. The molecule has 3 heterocycles. The van der Waals surface area contributed by atoms with E-state index in [2.05, 4.69) is 38.7 Å². The summed E-state index contributed by atoms with van der Waals surface area (Å²) < 4.78 is 16.1. The second kappa shape index (κ2) is 7.16. The van der Waals surface area contributed by atoms with E-state index < -0.39 is 11.4 Å². The molecule has 31 heavy (non-hydrogen) atoms. The Hall–Kier alpha value is -3.26. The van der Waals surface area contributed by atoms with Gasteiger partial charge in [-0.2, -0.15) is 15.3 Å². The predicted octanol–water partition coefficient (Wildman–Crippen LogP) is 0.649. The number of carbonyl (C=O) groups is 1. The molecule has 0 aromatic carbocycles. The van der Waals surface area contributed by atoms with E-state index >= 15 is 0 Å². The molecule has 0 spiro atoms. The average Bonchev–Trinajstić information content (AvgIpc) is 3.50. The fraction of sp³-hybridized carbons (Fsp3) is 0.550. The third-order valence-corrected chi connectivity index (χ3v) is 6.73. The second-order valence-electron chi connectivity index (χ2n) is 8.59. The number of nitrogens with one attached hydrogen (secondary N) is 2. The van der Waals surface area contributed by atoms with Gasteiger partial charge in [-0.25, -0.2) is 9.37 Å². The molecule has 1 saturated heterocycles. The van der Waals surface area contributed by atoms with Crippen molar-refractivity contribution in [3.63, 3.8) is 0 Å². The standard InChI is InChI=1S/C20H23FN8O2/c1-11-15-9-28(10-20(11,15)27-18(31)14-4-12(14)5-22)17-16(21)7-23-19(26-17)25-13-6-24-29(8-13)2-3-30/h6-8,11-12,14-15,30H,2-4,9-10H2,1H3,(H,27,31)(H,23,25,26)/t11-,12-,14+,15+,20+/m1/s1. The van der Waals surface area contributed by atoms with Crippen molar-refractivity contribution in [2.45, 2.75) is 25.4 Å². The van der Waals surface area contributed by atoms with Gasteiger partial charge in [0.25, 0.3) is 0 Å². The van der Waals surface area contributed by atoms with Crippen LogP contribution in [0.15, 0.2) is 18.6 Å². The van der Waals surface area contributed by atoms with Crippen molar-refractivity contribution < 1.29 is 14.3 Å². The molecule has 2 aromatic heterocycles. The van der Waals surface area contributed by atoms with Gasteiger partial charge in [0.1, 0.15) is 0 Å². The highest BCUT2D eigenvalue weighted by atomic mass is 19.1. The Morgan fingerprint density at radius 3 is 3.06 bits per heavy atom. The lowest BCUT2D eigenvalue weighted by Crippen LogP contribution is -2.45. The minimum Gasteiger partial charge on any atom is -0.394 e. The third kappa shape index (κ3) is 3.37. The highest BCUT2D eigenvalue weighted by Crippen LogP contribution is 2.56. The maximum absolute atomic E-state index is 14.6. The molecule has 2 aromatic rings. The molecule has 1 amide bonds. The van der Waals surface area contributed by atoms with E-state index in [-0.39, 0.29) is 42.0 Å². The van der Waals surface area contributed by atoms with Gasteiger partial charge in [0.05, 0.1) is 54.7 Å². The maximum atomic E-state index is 14.6. The number of hydrogen-bond donors (Lipinski definition) is 3. The van der Waals surface area contributed by atoms with Crippen molar-refractivity contribution in [3.8, 4) is 6.07 Å². The molecular weight excluding hydrogens is 403 g/mol. The highest BCUT2D eigenvalue weighted by Gasteiger charge is 2.68. The van der Waals surface area contributed by atoms with E-state index in [0.29, 0.717) is 37.7 Å². The van der Waals surface area contributed by atoms with Crippen molar-refractivity contribution in [2.75, 3.05) is 29.9 Å². The van der Waals surface area contributed by atoms with Gasteiger partial charge in [-0.05, 0) is 12.3 Å². The summed E-state index contributed by atoms with van der Waals surface area (Å²) in [7, 11) is 0. The summed E-state index contributed by atoms with van der Waals surface area (Å²) in [5, 5.41) is 28.2. The number of fused-ring (bicyclic) bond motifs is 1. The molecule has 3 aliphatic rings. The number of aromatic nitrogens is 4. The number of aliphatic hydroxyl groups is 1. The van der Waals surface area contributed by atoms with Crippen molar-refractivity contribution in [2.24, 2.45) is 23.7 Å². The Balaban J connectivity index is 1.29. The van der Waals surface area contributed by atoms with E-state index in [4.69, 9.17) is 10.4 Å². The fourth-order valence-electron chi connectivity index (χ4n) is 4.71. The zero-order chi connectivity index (χ0) is 21.8. The molecule has 3 fully saturated rings.